The van der Waals surface area contributed by atoms with E-state index >= 15 is 0 Å². The molecule has 0 unspecified atom stereocenters. The molecule has 4 aromatic rings. The van der Waals surface area contributed by atoms with E-state index < -0.39 is 0 Å². The first-order chi connectivity index (χ1) is 13.7. The minimum atomic E-state index is -0.295. The molecule has 134 valence electrons. The van der Waals surface area contributed by atoms with Crippen LogP contribution in [0, 0.1) is 11.3 Å². The van der Waals surface area contributed by atoms with Gasteiger partial charge in [0.15, 0.2) is 5.13 Å². The third kappa shape index (κ3) is 3.63. The number of hydrogen-bond acceptors (Lipinski definition) is 6. The second-order valence-corrected chi connectivity index (χ2v) is 6.80. The normalized spacial score (nSPS) is 10.2. The predicted molar refractivity (Wildman–Crippen MR) is 108 cm³/mol. The van der Waals surface area contributed by atoms with Gasteiger partial charge in [-0.1, -0.05) is 35.6 Å². The molecule has 0 spiro atoms. The maximum absolute atomic E-state index is 12.7. The number of nitrogens with one attached hydrogen (secondary N) is 1. The van der Waals surface area contributed by atoms with Gasteiger partial charge in [0.25, 0.3) is 5.91 Å². The first-order valence-electron chi connectivity index (χ1n) is 8.39. The molecular formula is C21H13N5OS. The summed E-state index contributed by atoms with van der Waals surface area (Å²) in [4.78, 5) is 25.8. The number of nitriles is 1. The molecule has 0 atom stereocenters. The van der Waals surface area contributed by atoms with Crippen LogP contribution in [-0.4, -0.2) is 20.9 Å². The number of anilines is 1. The monoisotopic (exact) mass is 383 g/mol. The average Bonchev–Trinajstić information content (AvgIpc) is 3.18. The fraction of sp³-hybridized carbons (Fsp3) is 0. The SMILES string of the molecule is N#Cc1sc(NC(=O)c2cccc(-c3cccnc3)c2)nc1-c1ccccn1. The van der Waals surface area contributed by atoms with Gasteiger partial charge in [-0.25, -0.2) is 4.98 Å². The molecule has 0 radical (unpaired) electrons. The Kier molecular flexibility index (Phi) is 4.87. The number of thiazole rings is 1. The van der Waals surface area contributed by atoms with Crippen LogP contribution in [0.4, 0.5) is 5.13 Å². The number of benzene rings is 1. The number of carbonyl (C=O) groups excluding carboxylic acids is 1. The summed E-state index contributed by atoms with van der Waals surface area (Å²) in [5.41, 5.74) is 3.37. The number of nitrogens with zero attached hydrogens (tertiary/aromatic N) is 4. The van der Waals surface area contributed by atoms with Gasteiger partial charge in [0.05, 0.1) is 5.69 Å². The van der Waals surface area contributed by atoms with Crippen LogP contribution in [0.5, 0.6) is 0 Å². The van der Waals surface area contributed by atoms with E-state index in [9.17, 15) is 10.1 Å². The van der Waals surface area contributed by atoms with Gasteiger partial charge < -0.3 is 0 Å². The topological polar surface area (TPSA) is 91.6 Å². The smallest absolute Gasteiger partial charge is 0.257 e. The van der Waals surface area contributed by atoms with E-state index in [0.29, 0.717) is 27.0 Å². The largest absolute Gasteiger partial charge is 0.298 e. The van der Waals surface area contributed by atoms with Gasteiger partial charge in [-0.2, -0.15) is 5.26 Å². The molecule has 6 nitrogen and oxygen atoms in total. The summed E-state index contributed by atoms with van der Waals surface area (Å²) in [5, 5.41) is 12.5. The van der Waals surface area contributed by atoms with Gasteiger partial charge in [0.1, 0.15) is 16.6 Å². The molecule has 0 fully saturated rings. The van der Waals surface area contributed by atoms with Crippen molar-refractivity contribution >= 4 is 22.4 Å². The minimum absolute atomic E-state index is 0.295. The Labute approximate surface area is 165 Å². The first kappa shape index (κ1) is 17.5. The summed E-state index contributed by atoms with van der Waals surface area (Å²) in [5.74, 6) is -0.295. The lowest BCUT2D eigenvalue weighted by atomic mass is 10.0. The van der Waals surface area contributed by atoms with Crippen molar-refractivity contribution in [3.05, 3.63) is 83.6 Å². The number of amides is 1. The Morgan fingerprint density at radius 2 is 1.93 bits per heavy atom. The zero-order valence-corrected chi connectivity index (χ0v) is 15.4. The van der Waals surface area contributed by atoms with Crippen molar-refractivity contribution in [1.29, 1.82) is 5.26 Å². The van der Waals surface area contributed by atoms with Crippen molar-refractivity contribution in [2.75, 3.05) is 5.32 Å². The minimum Gasteiger partial charge on any atom is -0.298 e. The van der Waals surface area contributed by atoms with Crippen LogP contribution in [0.1, 0.15) is 15.2 Å². The van der Waals surface area contributed by atoms with Gasteiger partial charge >= 0.3 is 0 Å². The summed E-state index contributed by atoms with van der Waals surface area (Å²) < 4.78 is 0. The lowest BCUT2D eigenvalue weighted by Gasteiger charge is -2.05. The molecule has 4 rings (SSSR count). The number of hydrogen-bond donors (Lipinski definition) is 1. The Balaban J connectivity index is 1.60. The Morgan fingerprint density at radius 1 is 1.04 bits per heavy atom. The summed E-state index contributed by atoms with van der Waals surface area (Å²) in [6.45, 7) is 0. The standard InChI is InChI=1S/C21H13N5OS/c22-12-18-19(17-8-1-2-10-24-17)25-21(28-18)26-20(27)15-6-3-5-14(11-15)16-7-4-9-23-13-16/h1-11,13H,(H,25,26,27). The van der Waals surface area contributed by atoms with E-state index in [2.05, 4.69) is 26.3 Å². The van der Waals surface area contributed by atoms with E-state index in [4.69, 9.17) is 0 Å². The molecule has 7 heteroatoms. The van der Waals surface area contributed by atoms with E-state index in [1.165, 1.54) is 0 Å². The summed E-state index contributed by atoms with van der Waals surface area (Å²) >= 11 is 1.12. The number of pyridine rings is 2. The van der Waals surface area contributed by atoms with Crippen molar-refractivity contribution in [2.45, 2.75) is 0 Å². The van der Waals surface area contributed by atoms with Crippen LogP contribution in [0.15, 0.2) is 73.2 Å². The number of aromatic nitrogens is 3. The van der Waals surface area contributed by atoms with Crippen molar-refractivity contribution < 1.29 is 4.79 Å². The van der Waals surface area contributed by atoms with Crippen LogP contribution in [0.2, 0.25) is 0 Å². The molecule has 1 N–H and O–H groups in total. The highest BCUT2D eigenvalue weighted by Gasteiger charge is 2.16. The van der Waals surface area contributed by atoms with Crippen LogP contribution in [0.3, 0.4) is 0 Å². The van der Waals surface area contributed by atoms with Crippen molar-refractivity contribution in [3.63, 3.8) is 0 Å². The molecule has 0 aliphatic rings. The van der Waals surface area contributed by atoms with Crippen molar-refractivity contribution in [3.8, 4) is 28.6 Å². The zero-order chi connectivity index (χ0) is 19.3. The summed E-state index contributed by atoms with van der Waals surface area (Å²) in [6.07, 6.45) is 5.09. The number of rotatable bonds is 4. The molecule has 0 saturated carbocycles. The van der Waals surface area contributed by atoms with Gasteiger partial charge in [-0.15, -0.1) is 0 Å². The highest BCUT2D eigenvalue weighted by Crippen LogP contribution is 2.29. The van der Waals surface area contributed by atoms with Gasteiger partial charge in [-0.3, -0.25) is 20.1 Å². The average molecular weight is 383 g/mol. The fourth-order valence-corrected chi connectivity index (χ4v) is 3.44. The van der Waals surface area contributed by atoms with Crippen LogP contribution in [0.25, 0.3) is 22.5 Å². The van der Waals surface area contributed by atoms with Gasteiger partial charge in [-0.05, 0) is 35.9 Å². The van der Waals surface area contributed by atoms with E-state index in [1.54, 1.807) is 42.9 Å². The summed E-state index contributed by atoms with van der Waals surface area (Å²) in [7, 11) is 0. The van der Waals surface area contributed by atoms with Crippen LogP contribution in [-0.2, 0) is 0 Å². The van der Waals surface area contributed by atoms with E-state index in [-0.39, 0.29) is 5.91 Å². The predicted octanol–water partition coefficient (Wildman–Crippen LogP) is 4.39. The Hall–Kier alpha value is -3.89. The fourth-order valence-electron chi connectivity index (χ4n) is 2.67. The second kappa shape index (κ2) is 7.78. The van der Waals surface area contributed by atoms with E-state index in [0.717, 1.165) is 22.5 Å². The van der Waals surface area contributed by atoms with Crippen molar-refractivity contribution in [1.82, 2.24) is 15.0 Å². The molecule has 0 bridgehead atoms. The first-order valence-corrected chi connectivity index (χ1v) is 9.20. The third-order valence-corrected chi connectivity index (χ3v) is 4.85. The van der Waals surface area contributed by atoms with Gasteiger partial charge in [0, 0.05) is 29.7 Å². The maximum atomic E-state index is 12.7. The lowest BCUT2D eigenvalue weighted by Crippen LogP contribution is -2.11. The molecule has 28 heavy (non-hydrogen) atoms. The quantitative estimate of drug-likeness (QED) is 0.564. The van der Waals surface area contributed by atoms with Crippen LogP contribution < -0.4 is 5.32 Å². The zero-order valence-electron chi connectivity index (χ0n) is 14.5. The molecule has 3 heterocycles. The molecule has 0 aliphatic carbocycles. The van der Waals surface area contributed by atoms with E-state index in [1.807, 2.05) is 30.3 Å². The lowest BCUT2D eigenvalue weighted by molar-refractivity contribution is 0.102. The molecule has 0 saturated heterocycles. The maximum Gasteiger partial charge on any atom is 0.257 e. The summed E-state index contributed by atoms with van der Waals surface area (Å²) in [6, 6.07) is 18.6. The Morgan fingerprint density at radius 3 is 2.68 bits per heavy atom. The highest BCUT2D eigenvalue weighted by atomic mass is 32.1. The van der Waals surface area contributed by atoms with Crippen molar-refractivity contribution in [2.24, 2.45) is 0 Å². The molecule has 1 amide bonds. The van der Waals surface area contributed by atoms with Crippen LogP contribution >= 0.6 is 11.3 Å². The molecule has 0 aliphatic heterocycles. The second-order valence-electron chi connectivity index (χ2n) is 5.80. The van der Waals surface area contributed by atoms with Gasteiger partial charge in [0.2, 0.25) is 0 Å². The Bertz CT molecular complexity index is 1170. The molecule has 3 aromatic heterocycles. The molecular weight excluding hydrogens is 370 g/mol. The number of carbonyl (C=O) groups is 1. The highest BCUT2D eigenvalue weighted by molar-refractivity contribution is 7.16. The molecule has 1 aromatic carbocycles. The third-order valence-electron chi connectivity index (χ3n) is 3.98.